The number of nitrogens with zero attached hydrogens (tertiary/aromatic N) is 2. The lowest BCUT2D eigenvalue weighted by Gasteiger charge is -2.06. The minimum absolute atomic E-state index is 0.000567. The van der Waals surface area contributed by atoms with E-state index in [2.05, 4.69) is 20.2 Å². The molecule has 0 aliphatic heterocycles. The summed E-state index contributed by atoms with van der Waals surface area (Å²) in [6.45, 7) is -0.000742. The molecule has 130 valence electrons. The number of aromatic nitrogens is 2. The topological polar surface area (TPSA) is 101 Å². The van der Waals surface area contributed by atoms with E-state index >= 15 is 0 Å². The number of nitrogens with one attached hydrogen (secondary N) is 2. The summed E-state index contributed by atoms with van der Waals surface area (Å²) in [4.78, 5) is 12.1. The van der Waals surface area contributed by atoms with Gasteiger partial charge in [0.25, 0.3) is 0 Å². The van der Waals surface area contributed by atoms with Gasteiger partial charge in [0.2, 0.25) is 21.1 Å². The summed E-state index contributed by atoms with van der Waals surface area (Å²) in [5.74, 6) is -0.330. The fourth-order valence-electron chi connectivity index (χ4n) is 1.94. The summed E-state index contributed by atoms with van der Waals surface area (Å²) >= 11 is 2.82. The van der Waals surface area contributed by atoms with Crippen molar-refractivity contribution in [1.29, 1.82) is 0 Å². The number of rotatable bonds is 7. The van der Waals surface area contributed by atoms with Crippen LogP contribution in [0.1, 0.15) is 6.42 Å². The number of amides is 1. The first kappa shape index (κ1) is 17.7. The van der Waals surface area contributed by atoms with E-state index < -0.39 is 10.0 Å². The maximum Gasteiger partial charge on any atom is 0.240 e. The van der Waals surface area contributed by atoms with Crippen molar-refractivity contribution in [3.05, 3.63) is 47.2 Å². The van der Waals surface area contributed by atoms with Gasteiger partial charge in [-0.25, -0.2) is 13.1 Å². The zero-order valence-electron chi connectivity index (χ0n) is 12.9. The smallest absolute Gasteiger partial charge is 0.240 e. The Kier molecular flexibility index (Phi) is 5.53. The van der Waals surface area contributed by atoms with Gasteiger partial charge in [-0.3, -0.25) is 4.79 Å². The van der Waals surface area contributed by atoms with Gasteiger partial charge in [0.1, 0.15) is 5.01 Å². The highest BCUT2D eigenvalue weighted by atomic mass is 32.2. The quantitative estimate of drug-likeness (QED) is 0.641. The van der Waals surface area contributed by atoms with E-state index in [0.29, 0.717) is 5.13 Å². The maximum atomic E-state index is 12.0. The lowest BCUT2D eigenvalue weighted by Crippen LogP contribution is -2.27. The zero-order chi connectivity index (χ0) is 17.7. The van der Waals surface area contributed by atoms with Gasteiger partial charge in [-0.15, -0.1) is 10.2 Å². The molecule has 0 saturated carbocycles. The number of hydrogen-bond donors (Lipinski definition) is 2. The van der Waals surface area contributed by atoms with E-state index in [1.807, 2.05) is 16.8 Å². The molecule has 10 heteroatoms. The molecule has 0 bridgehead atoms. The molecule has 0 unspecified atom stereocenters. The number of sulfonamides is 1. The van der Waals surface area contributed by atoms with Gasteiger partial charge in [0, 0.05) is 23.9 Å². The van der Waals surface area contributed by atoms with Crippen LogP contribution in [-0.2, 0) is 14.8 Å². The van der Waals surface area contributed by atoms with E-state index in [1.165, 1.54) is 23.5 Å². The van der Waals surface area contributed by atoms with Crippen molar-refractivity contribution in [3.63, 3.8) is 0 Å². The van der Waals surface area contributed by atoms with E-state index in [4.69, 9.17) is 0 Å². The Morgan fingerprint density at radius 3 is 2.64 bits per heavy atom. The molecule has 25 heavy (non-hydrogen) atoms. The first-order chi connectivity index (χ1) is 12.0. The molecule has 0 spiro atoms. The molecule has 3 aromatic rings. The molecule has 0 aliphatic carbocycles. The third-order valence-electron chi connectivity index (χ3n) is 3.14. The molecule has 0 saturated heterocycles. The molecule has 1 amide bonds. The average molecular weight is 395 g/mol. The van der Waals surface area contributed by atoms with Crippen molar-refractivity contribution >= 4 is 43.7 Å². The van der Waals surface area contributed by atoms with Gasteiger partial charge in [-0.05, 0) is 23.6 Å². The van der Waals surface area contributed by atoms with E-state index in [0.717, 1.165) is 10.6 Å². The number of carbonyl (C=O) groups is 1. The van der Waals surface area contributed by atoms with Gasteiger partial charge in [-0.1, -0.05) is 29.5 Å². The van der Waals surface area contributed by atoms with E-state index in [9.17, 15) is 13.2 Å². The second-order valence-corrected chi connectivity index (χ2v) is 8.46. The number of anilines is 1. The van der Waals surface area contributed by atoms with Crippen LogP contribution in [0.5, 0.6) is 0 Å². The van der Waals surface area contributed by atoms with Crippen LogP contribution in [0.3, 0.4) is 0 Å². The van der Waals surface area contributed by atoms with Crippen LogP contribution in [0.2, 0.25) is 0 Å². The highest BCUT2D eigenvalue weighted by Gasteiger charge is 2.14. The summed E-state index contributed by atoms with van der Waals surface area (Å²) in [7, 11) is -3.61. The van der Waals surface area contributed by atoms with Crippen LogP contribution in [-0.4, -0.2) is 31.1 Å². The highest BCUT2D eigenvalue weighted by Crippen LogP contribution is 2.27. The Morgan fingerprint density at radius 1 is 1.12 bits per heavy atom. The predicted octanol–water partition coefficient (Wildman–Crippen LogP) is 2.57. The van der Waals surface area contributed by atoms with Crippen LogP contribution in [0.4, 0.5) is 5.13 Å². The maximum absolute atomic E-state index is 12.0. The minimum Gasteiger partial charge on any atom is -0.300 e. The van der Waals surface area contributed by atoms with Crippen LogP contribution in [0, 0.1) is 0 Å². The van der Waals surface area contributed by atoms with Gasteiger partial charge in [0.05, 0.1) is 4.90 Å². The summed E-state index contributed by atoms with van der Waals surface area (Å²) in [5.41, 5.74) is 0.957. The molecule has 2 aromatic heterocycles. The number of benzene rings is 1. The van der Waals surface area contributed by atoms with Gasteiger partial charge >= 0.3 is 0 Å². The fraction of sp³-hybridized carbons (Fsp3) is 0.133. The lowest BCUT2D eigenvalue weighted by molar-refractivity contribution is -0.116. The Balaban J connectivity index is 1.50. The first-order valence-electron chi connectivity index (χ1n) is 7.25. The normalized spacial score (nSPS) is 11.4. The van der Waals surface area contributed by atoms with Crippen molar-refractivity contribution in [2.24, 2.45) is 0 Å². The van der Waals surface area contributed by atoms with E-state index in [-0.39, 0.29) is 23.8 Å². The standard InChI is InChI=1S/C15H14N4O3S3/c20-13(6-8-16-25(21,22)12-4-2-1-3-5-12)17-15-19-18-14(24-15)11-7-9-23-10-11/h1-5,7,9-10,16H,6,8H2,(H,17,19,20). The molecule has 0 atom stereocenters. The monoisotopic (exact) mass is 394 g/mol. The average Bonchev–Trinajstić information content (AvgIpc) is 3.27. The Morgan fingerprint density at radius 2 is 1.92 bits per heavy atom. The molecule has 7 nitrogen and oxygen atoms in total. The second-order valence-electron chi connectivity index (χ2n) is 4.93. The molecule has 0 aliphatic rings. The molecular weight excluding hydrogens is 380 g/mol. The molecular formula is C15H14N4O3S3. The number of carbonyl (C=O) groups excluding carboxylic acids is 1. The summed E-state index contributed by atoms with van der Waals surface area (Å²) in [5, 5.41) is 15.6. The van der Waals surface area contributed by atoms with Crippen LogP contribution in [0.15, 0.2) is 52.1 Å². The summed E-state index contributed by atoms with van der Waals surface area (Å²) < 4.78 is 26.5. The van der Waals surface area contributed by atoms with Gasteiger partial charge < -0.3 is 5.32 Å². The van der Waals surface area contributed by atoms with Crippen molar-refractivity contribution in [1.82, 2.24) is 14.9 Å². The van der Waals surface area contributed by atoms with Crippen molar-refractivity contribution in [2.45, 2.75) is 11.3 Å². The predicted molar refractivity (Wildman–Crippen MR) is 98.1 cm³/mol. The third-order valence-corrected chi connectivity index (χ3v) is 6.19. The number of thiophene rings is 1. The molecule has 1 aromatic carbocycles. The highest BCUT2D eigenvalue weighted by molar-refractivity contribution is 7.89. The Labute approximate surface area is 152 Å². The molecule has 2 heterocycles. The minimum atomic E-state index is -3.61. The van der Waals surface area contributed by atoms with Crippen molar-refractivity contribution in [3.8, 4) is 10.6 Å². The van der Waals surface area contributed by atoms with Crippen LogP contribution in [0.25, 0.3) is 10.6 Å². The largest absolute Gasteiger partial charge is 0.300 e. The van der Waals surface area contributed by atoms with Crippen LogP contribution < -0.4 is 10.0 Å². The zero-order valence-corrected chi connectivity index (χ0v) is 15.3. The van der Waals surface area contributed by atoms with Crippen LogP contribution >= 0.6 is 22.7 Å². The Hall–Kier alpha value is -2.14. The van der Waals surface area contributed by atoms with E-state index in [1.54, 1.807) is 29.5 Å². The number of hydrogen-bond acceptors (Lipinski definition) is 7. The Bertz CT molecular complexity index is 938. The molecule has 3 rings (SSSR count). The molecule has 2 N–H and O–H groups in total. The fourth-order valence-corrected chi connectivity index (χ4v) is 4.46. The molecule has 0 fully saturated rings. The SMILES string of the molecule is O=C(CCNS(=O)(=O)c1ccccc1)Nc1nnc(-c2ccsc2)s1. The first-order valence-corrected chi connectivity index (χ1v) is 10.5. The molecule has 0 radical (unpaired) electrons. The summed E-state index contributed by atoms with van der Waals surface area (Å²) in [6, 6.07) is 9.93. The van der Waals surface area contributed by atoms with Crippen molar-refractivity contribution < 1.29 is 13.2 Å². The third kappa shape index (κ3) is 4.69. The lowest BCUT2D eigenvalue weighted by atomic mass is 10.4. The van der Waals surface area contributed by atoms with Gasteiger partial charge in [-0.2, -0.15) is 11.3 Å². The van der Waals surface area contributed by atoms with Gasteiger partial charge in [0.15, 0.2) is 0 Å². The van der Waals surface area contributed by atoms with Crippen molar-refractivity contribution in [2.75, 3.05) is 11.9 Å². The summed E-state index contributed by atoms with van der Waals surface area (Å²) in [6.07, 6.45) is -0.000567. The second kappa shape index (κ2) is 7.83.